The molecule has 146 valence electrons. The molecular weight excluding hydrogens is 370 g/mol. The Morgan fingerprint density at radius 2 is 1.86 bits per heavy atom. The van der Waals surface area contributed by atoms with Crippen molar-refractivity contribution in [2.24, 2.45) is 7.05 Å². The number of benzene rings is 2. The molecule has 0 aliphatic rings. The number of rotatable bonds is 6. The van der Waals surface area contributed by atoms with Gasteiger partial charge in [0.05, 0.1) is 16.7 Å². The summed E-state index contributed by atoms with van der Waals surface area (Å²) in [6.45, 7) is 0. The summed E-state index contributed by atoms with van der Waals surface area (Å²) in [6, 6.07) is 17.4. The molecule has 29 heavy (non-hydrogen) atoms. The smallest absolute Gasteiger partial charge is 0.326 e. The van der Waals surface area contributed by atoms with Crippen LogP contribution in [0.3, 0.4) is 0 Å². The quantitative estimate of drug-likeness (QED) is 0.469. The van der Waals surface area contributed by atoms with E-state index in [1.54, 1.807) is 13.1 Å². The minimum absolute atomic E-state index is 0.0408. The zero-order chi connectivity index (χ0) is 20.4. The zero-order valence-electron chi connectivity index (χ0n) is 15.7. The molecule has 0 saturated carbocycles. The van der Waals surface area contributed by atoms with E-state index in [0.717, 1.165) is 16.6 Å². The third-order valence-corrected chi connectivity index (χ3v) is 4.62. The fourth-order valence-electron chi connectivity index (χ4n) is 3.16. The average molecular weight is 389 g/mol. The number of aromatic nitrogens is 4. The number of hydrogen-bond donors (Lipinski definition) is 3. The second kappa shape index (κ2) is 7.59. The molecule has 0 aliphatic heterocycles. The van der Waals surface area contributed by atoms with Gasteiger partial charge in [0, 0.05) is 19.0 Å². The van der Waals surface area contributed by atoms with Crippen LogP contribution in [0.2, 0.25) is 0 Å². The van der Waals surface area contributed by atoms with Crippen LogP contribution in [0.4, 0.5) is 0 Å². The number of imidazole rings is 1. The van der Waals surface area contributed by atoms with Crippen LogP contribution in [-0.2, 0) is 18.3 Å². The third kappa shape index (κ3) is 3.86. The fourth-order valence-corrected chi connectivity index (χ4v) is 3.16. The number of aliphatic carboxylic acids is 1. The van der Waals surface area contributed by atoms with Crippen molar-refractivity contribution in [2.45, 2.75) is 12.5 Å². The molecule has 2 heterocycles. The number of nitrogens with one attached hydrogen (secondary N) is 2. The molecule has 0 unspecified atom stereocenters. The first-order valence-electron chi connectivity index (χ1n) is 9.08. The van der Waals surface area contributed by atoms with Gasteiger partial charge in [-0.1, -0.05) is 42.5 Å². The van der Waals surface area contributed by atoms with Crippen LogP contribution in [0.5, 0.6) is 0 Å². The first kappa shape index (κ1) is 18.4. The SMILES string of the molecule is Cn1nc(-c2ccccc2)cc1C(=O)N[C@H](Cc1nc2ccccc2[nH]1)C(=O)O. The van der Waals surface area contributed by atoms with Crippen molar-refractivity contribution in [3.63, 3.8) is 0 Å². The van der Waals surface area contributed by atoms with Gasteiger partial charge in [-0.05, 0) is 18.2 Å². The van der Waals surface area contributed by atoms with E-state index >= 15 is 0 Å². The van der Waals surface area contributed by atoms with Crippen molar-refractivity contribution in [3.8, 4) is 11.3 Å². The summed E-state index contributed by atoms with van der Waals surface area (Å²) in [5, 5.41) is 16.5. The van der Waals surface area contributed by atoms with Gasteiger partial charge in [0.1, 0.15) is 17.6 Å². The van der Waals surface area contributed by atoms with E-state index in [2.05, 4.69) is 20.4 Å². The molecule has 0 fully saturated rings. The Balaban J connectivity index is 1.53. The average Bonchev–Trinajstić information content (AvgIpc) is 3.31. The molecular formula is C21H19N5O3. The number of hydrogen-bond acceptors (Lipinski definition) is 4. The Morgan fingerprint density at radius 1 is 1.14 bits per heavy atom. The van der Waals surface area contributed by atoms with Crippen molar-refractivity contribution in [3.05, 3.63) is 72.2 Å². The van der Waals surface area contributed by atoms with E-state index in [1.165, 1.54) is 4.68 Å². The summed E-state index contributed by atoms with van der Waals surface area (Å²) in [5.74, 6) is -1.15. The molecule has 0 saturated heterocycles. The molecule has 1 amide bonds. The summed E-state index contributed by atoms with van der Waals surface area (Å²) in [4.78, 5) is 31.9. The minimum atomic E-state index is -1.13. The maximum absolute atomic E-state index is 12.7. The van der Waals surface area contributed by atoms with Crippen molar-refractivity contribution >= 4 is 22.9 Å². The van der Waals surface area contributed by atoms with Crippen LogP contribution in [0.1, 0.15) is 16.3 Å². The lowest BCUT2D eigenvalue weighted by molar-refractivity contribution is -0.139. The van der Waals surface area contributed by atoms with Gasteiger partial charge >= 0.3 is 5.97 Å². The van der Waals surface area contributed by atoms with Crippen LogP contribution in [0.25, 0.3) is 22.3 Å². The number of amides is 1. The summed E-state index contributed by atoms with van der Waals surface area (Å²) < 4.78 is 1.44. The second-order valence-corrected chi connectivity index (χ2v) is 6.67. The molecule has 4 rings (SSSR count). The topological polar surface area (TPSA) is 113 Å². The van der Waals surface area contributed by atoms with Crippen molar-refractivity contribution in [2.75, 3.05) is 0 Å². The van der Waals surface area contributed by atoms with Gasteiger partial charge in [-0.2, -0.15) is 5.10 Å². The number of aromatic amines is 1. The van der Waals surface area contributed by atoms with Crippen molar-refractivity contribution in [1.82, 2.24) is 25.1 Å². The summed E-state index contributed by atoms with van der Waals surface area (Å²) in [5.41, 5.74) is 3.36. The molecule has 4 aromatic rings. The fraction of sp³-hybridized carbons (Fsp3) is 0.143. The van der Waals surface area contributed by atoms with Crippen LogP contribution in [0.15, 0.2) is 60.7 Å². The standard InChI is InChI=1S/C21H19N5O3/c1-26-18(11-16(25-26)13-7-3-2-4-8-13)20(27)24-17(21(28)29)12-19-22-14-9-5-6-10-15(14)23-19/h2-11,17H,12H2,1H3,(H,22,23)(H,24,27)(H,28,29)/t17-/m1/s1. The largest absolute Gasteiger partial charge is 0.480 e. The van der Waals surface area contributed by atoms with Gasteiger partial charge in [0.15, 0.2) is 0 Å². The minimum Gasteiger partial charge on any atom is -0.480 e. The Labute approximate surface area is 166 Å². The predicted octanol–water partition coefficient (Wildman–Crippen LogP) is 2.39. The van der Waals surface area contributed by atoms with Gasteiger partial charge in [-0.25, -0.2) is 9.78 Å². The number of carboxylic acid groups (broad SMARTS) is 1. The van der Waals surface area contributed by atoms with E-state index in [4.69, 9.17) is 0 Å². The highest BCUT2D eigenvalue weighted by Crippen LogP contribution is 2.18. The van der Waals surface area contributed by atoms with E-state index in [0.29, 0.717) is 11.5 Å². The lowest BCUT2D eigenvalue weighted by atomic mass is 10.1. The number of carbonyl (C=O) groups is 2. The number of carboxylic acids is 1. The Hall–Kier alpha value is -3.94. The monoisotopic (exact) mass is 389 g/mol. The predicted molar refractivity (Wildman–Crippen MR) is 107 cm³/mol. The molecule has 0 spiro atoms. The van der Waals surface area contributed by atoms with Gasteiger partial charge in [-0.15, -0.1) is 0 Å². The highest BCUT2D eigenvalue weighted by Gasteiger charge is 2.24. The molecule has 8 nitrogen and oxygen atoms in total. The molecule has 2 aromatic heterocycles. The lowest BCUT2D eigenvalue weighted by Gasteiger charge is -2.13. The first-order valence-corrected chi connectivity index (χ1v) is 9.08. The molecule has 0 aliphatic carbocycles. The molecule has 3 N–H and O–H groups in total. The highest BCUT2D eigenvalue weighted by atomic mass is 16.4. The van der Waals surface area contributed by atoms with Gasteiger partial charge in [-0.3, -0.25) is 9.48 Å². The van der Waals surface area contributed by atoms with Crippen molar-refractivity contribution < 1.29 is 14.7 Å². The van der Waals surface area contributed by atoms with E-state index < -0.39 is 17.9 Å². The zero-order valence-corrected chi connectivity index (χ0v) is 15.7. The van der Waals surface area contributed by atoms with Crippen molar-refractivity contribution in [1.29, 1.82) is 0 Å². The molecule has 8 heteroatoms. The van der Waals surface area contributed by atoms with E-state index in [9.17, 15) is 14.7 Å². The van der Waals surface area contributed by atoms with Crippen LogP contribution >= 0.6 is 0 Å². The first-order chi connectivity index (χ1) is 14.0. The van der Waals surface area contributed by atoms with Crippen LogP contribution in [-0.4, -0.2) is 42.8 Å². The second-order valence-electron chi connectivity index (χ2n) is 6.67. The van der Waals surface area contributed by atoms with E-state index in [-0.39, 0.29) is 12.1 Å². The number of H-pyrrole nitrogens is 1. The molecule has 2 aromatic carbocycles. The molecule has 1 atom stereocenters. The number of fused-ring (bicyclic) bond motifs is 1. The maximum atomic E-state index is 12.7. The summed E-state index contributed by atoms with van der Waals surface area (Å²) in [6.07, 6.45) is 0.0408. The van der Waals surface area contributed by atoms with Crippen LogP contribution in [0, 0.1) is 0 Å². The number of aryl methyl sites for hydroxylation is 1. The number of para-hydroxylation sites is 2. The van der Waals surface area contributed by atoms with Gasteiger partial charge in [0.2, 0.25) is 0 Å². The maximum Gasteiger partial charge on any atom is 0.326 e. The Kier molecular flexibility index (Phi) is 4.82. The van der Waals surface area contributed by atoms with Gasteiger partial charge < -0.3 is 15.4 Å². The van der Waals surface area contributed by atoms with E-state index in [1.807, 2.05) is 54.6 Å². The molecule has 0 bridgehead atoms. The number of nitrogens with zero attached hydrogens (tertiary/aromatic N) is 3. The summed E-state index contributed by atoms with van der Waals surface area (Å²) in [7, 11) is 1.65. The Morgan fingerprint density at radius 3 is 2.59 bits per heavy atom. The lowest BCUT2D eigenvalue weighted by Crippen LogP contribution is -2.43. The van der Waals surface area contributed by atoms with Crippen LogP contribution < -0.4 is 5.32 Å². The third-order valence-electron chi connectivity index (χ3n) is 4.62. The molecule has 0 radical (unpaired) electrons. The summed E-state index contributed by atoms with van der Waals surface area (Å²) >= 11 is 0. The normalized spacial score (nSPS) is 12.0. The highest BCUT2D eigenvalue weighted by molar-refractivity contribution is 5.96. The van der Waals surface area contributed by atoms with Gasteiger partial charge in [0.25, 0.3) is 5.91 Å². The number of carbonyl (C=O) groups excluding carboxylic acids is 1. The Bertz CT molecular complexity index is 1150.